The minimum absolute atomic E-state index is 0.00413. The Balaban J connectivity index is 2.02. The summed E-state index contributed by atoms with van der Waals surface area (Å²) in [4.78, 5) is 12.5. The van der Waals surface area contributed by atoms with Gasteiger partial charge in [-0.25, -0.2) is 4.79 Å². The predicted octanol–water partition coefficient (Wildman–Crippen LogP) is 2.10. The summed E-state index contributed by atoms with van der Waals surface area (Å²) in [5.41, 5.74) is 1.04. The second-order valence-corrected chi connectivity index (χ2v) is 4.98. The highest BCUT2D eigenvalue weighted by molar-refractivity contribution is 7.10. The van der Waals surface area contributed by atoms with Crippen molar-refractivity contribution in [3.8, 4) is 0 Å². The second kappa shape index (κ2) is 5.33. The van der Waals surface area contributed by atoms with Crippen LogP contribution in [0.2, 0.25) is 0 Å². The Labute approximate surface area is 104 Å². The molecule has 0 saturated carbocycles. The van der Waals surface area contributed by atoms with E-state index in [1.54, 1.807) is 17.4 Å². The number of thiophene rings is 1. The third kappa shape index (κ3) is 2.68. The number of carbonyl (C=O) groups is 1. The van der Waals surface area contributed by atoms with Crippen LogP contribution in [0.5, 0.6) is 0 Å². The zero-order valence-electron chi connectivity index (χ0n) is 9.48. The maximum absolute atomic E-state index is 11.6. The first-order valence-electron chi connectivity index (χ1n) is 5.63. The highest BCUT2D eigenvalue weighted by Crippen LogP contribution is 2.39. The topological polar surface area (TPSA) is 61.4 Å². The fraction of sp³-hybridized carbons (Fsp3) is 0.417. The molecule has 5 heteroatoms. The average molecular weight is 252 g/mol. The van der Waals surface area contributed by atoms with Crippen molar-refractivity contribution in [1.29, 1.82) is 0 Å². The molecule has 1 aliphatic rings. The molecule has 2 rings (SSSR count). The van der Waals surface area contributed by atoms with Crippen LogP contribution < -0.4 is 10.6 Å². The van der Waals surface area contributed by atoms with Crippen molar-refractivity contribution in [1.82, 2.24) is 10.6 Å². The lowest BCUT2D eigenvalue weighted by molar-refractivity contribution is 0.151. The molecule has 0 spiro atoms. The number of carbonyl (C=O) groups excluding carboxylic acids is 1. The smallest absolute Gasteiger partial charge is 0.315 e. The van der Waals surface area contributed by atoms with Gasteiger partial charge in [-0.2, -0.15) is 0 Å². The molecule has 0 unspecified atom stereocenters. The van der Waals surface area contributed by atoms with Gasteiger partial charge in [-0.1, -0.05) is 6.08 Å². The Bertz CT molecular complexity index is 416. The molecule has 2 amide bonds. The van der Waals surface area contributed by atoms with Gasteiger partial charge in [0.25, 0.3) is 0 Å². The number of aliphatic hydroxyl groups excluding tert-OH is 1. The molecular weight excluding hydrogens is 236 g/mol. The monoisotopic (exact) mass is 252 g/mol. The lowest BCUT2D eigenvalue weighted by atomic mass is 9.92. The normalized spacial score (nSPS) is 22.6. The van der Waals surface area contributed by atoms with Crippen molar-refractivity contribution in [2.45, 2.75) is 25.0 Å². The first kappa shape index (κ1) is 12.1. The van der Waals surface area contributed by atoms with E-state index in [4.69, 9.17) is 0 Å². The number of rotatable bonds is 3. The van der Waals surface area contributed by atoms with E-state index in [0.717, 1.165) is 16.9 Å². The molecule has 4 nitrogen and oxygen atoms in total. The Morgan fingerprint density at radius 3 is 3.24 bits per heavy atom. The van der Waals surface area contributed by atoms with Crippen LogP contribution in [0.1, 0.15) is 35.4 Å². The van der Waals surface area contributed by atoms with Crippen LogP contribution in [0.25, 0.3) is 0 Å². The minimum Gasteiger partial charge on any atom is -0.388 e. The molecule has 92 valence electrons. The summed E-state index contributed by atoms with van der Waals surface area (Å²) in [5.74, 6) is 0. The van der Waals surface area contributed by atoms with Gasteiger partial charge in [0.1, 0.15) is 0 Å². The van der Waals surface area contributed by atoms with Crippen molar-refractivity contribution in [2.24, 2.45) is 0 Å². The van der Waals surface area contributed by atoms with Gasteiger partial charge in [0.2, 0.25) is 0 Å². The zero-order valence-corrected chi connectivity index (χ0v) is 10.3. The summed E-state index contributed by atoms with van der Waals surface area (Å²) < 4.78 is 0. The summed E-state index contributed by atoms with van der Waals surface area (Å²) in [6, 6.07) is 1.79. The predicted molar refractivity (Wildman–Crippen MR) is 68.0 cm³/mol. The molecule has 1 aromatic heterocycles. The van der Waals surface area contributed by atoms with Gasteiger partial charge in [0.15, 0.2) is 0 Å². The molecule has 1 heterocycles. The quantitative estimate of drug-likeness (QED) is 0.721. The molecular formula is C12H16N2O2S. The third-order valence-electron chi connectivity index (χ3n) is 2.85. The Kier molecular flexibility index (Phi) is 3.81. The van der Waals surface area contributed by atoms with E-state index in [1.807, 2.05) is 11.4 Å². The number of urea groups is 1. The zero-order chi connectivity index (χ0) is 12.3. The van der Waals surface area contributed by atoms with E-state index in [1.165, 1.54) is 0 Å². The highest BCUT2D eigenvalue weighted by Gasteiger charge is 2.27. The standard InChI is InChI=1S/C12H16N2O2S/c1-2-6-13-12(16)14-9-3-4-10(15)11-8(9)5-7-17-11/h2,5,7,9-10,15H,1,3-4,6H2,(H2,13,14,16)/t9-,10+/m1/s1. The molecule has 0 aliphatic heterocycles. The molecule has 0 aromatic carbocycles. The first-order valence-corrected chi connectivity index (χ1v) is 6.51. The summed E-state index contributed by atoms with van der Waals surface area (Å²) in [6.07, 6.45) is 2.73. The van der Waals surface area contributed by atoms with E-state index in [2.05, 4.69) is 17.2 Å². The van der Waals surface area contributed by atoms with Crippen molar-refractivity contribution < 1.29 is 9.90 Å². The molecule has 0 bridgehead atoms. The van der Waals surface area contributed by atoms with Crippen molar-refractivity contribution in [2.75, 3.05) is 6.54 Å². The Hall–Kier alpha value is -1.33. The summed E-state index contributed by atoms with van der Waals surface area (Å²) in [5, 5.41) is 17.4. The molecule has 1 aliphatic carbocycles. The number of nitrogens with one attached hydrogen (secondary N) is 2. The lowest BCUT2D eigenvalue weighted by Crippen LogP contribution is -2.39. The highest BCUT2D eigenvalue weighted by atomic mass is 32.1. The van der Waals surface area contributed by atoms with Crippen LogP contribution in [0.15, 0.2) is 24.1 Å². The number of amides is 2. The Morgan fingerprint density at radius 2 is 2.47 bits per heavy atom. The average Bonchev–Trinajstić information content (AvgIpc) is 2.80. The van der Waals surface area contributed by atoms with Crippen molar-refractivity contribution >= 4 is 17.4 Å². The number of fused-ring (bicyclic) bond motifs is 1. The molecule has 17 heavy (non-hydrogen) atoms. The molecule has 0 saturated heterocycles. The lowest BCUT2D eigenvalue weighted by Gasteiger charge is -2.26. The summed E-state index contributed by atoms with van der Waals surface area (Å²) in [6.45, 7) is 4.00. The fourth-order valence-corrected chi connectivity index (χ4v) is 3.01. The van der Waals surface area contributed by atoms with Crippen LogP contribution >= 0.6 is 11.3 Å². The maximum Gasteiger partial charge on any atom is 0.315 e. The van der Waals surface area contributed by atoms with Crippen LogP contribution in [0, 0.1) is 0 Å². The van der Waals surface area contributed by atoms with E-state index in [9.17, 15) is 9.90 Å². The van der Waals surface area contributed by atoms with E-state index in [0.29, 0.717) is 13.0 Å². The van der Waals surface area contributed by atoms with Gasteiger partial charge >= 0.3 is 6.03 Å². The van der Waals surface area contributed by atoms with Gasteiger partial charge in [-0.05, 0) is 29.9 Å². The van der Waals surface area contributed by atoms with Crippen LogP contribution in [-0.2, 0) is 0 Å². The maximum atomic E-state index is 11.6. The molecule has 1 aromatic rings. The molecule has 3 N–H and O–H groups in total. The van der Waals surface area contributed by atoms with Crippen LogP contribution in [-0.4, -0.2) is 17.7 Å². The second-order valence-electron chi connectivity index (χ2n) is 4.03. The first-order chi connectivity index (χ1) is 8.22. The van der Waals surface area contributed by atoms with Gasteiger partial charge < -0.3 is 15.7 Å². The van der Waals surface area contributed by atoms with Gasteiger partial charge in [0.05, 0.1) is 12.1 Å². The Morgan fingerprint density at radius 1 is 1.65 bits per heavy atom. The van der Waals surface area contributed by atoms with E-state index >= 15 is 0 Å². The van der Waals surface area contributed by atoms with Crippen molar-refractivity contribution in [3.63, 3.8) is 0 Å². The summed E-state index contributed by atoms with van der Waals surface area (Å²) in [7, 11) is 0. The van der Waals surface area contributed by atoms with Gasteiger partial charge in [-0.15, -0.1) is 17.9 Å². The van der Waals surface area contributed by atoms with Crippen LogP contribution in [0.3, 0.4) is 0 Å². The molecule has 0 fully saturated rings. The van der Waals surface area contributed by atoms with Gasteiger partial charge in [-0.3, -0.25) is 0 Å². The summed E-state index contributed by atoms with van der Waals surface area (Å²) >= 11 is 1.54. The molecule has 0 radical (unpaired) electrons. The number of hydrogen-bond acceptors (Lipinski definition) is 3. The minimum atomic E-state index is -0.376. The number of hydrogen-bond donors (Lipinski definition) is 3. The van der Waals surface area contributed by atoms with Crippen LogP contribution in [0.4, 0.5) is 4.79 Å². The number of aliphatic hydroxyl groups is 1. The molecule has 2 atom stereocenters. The van der Waals surface area contributed by atoms with E-state index < -0.39 is 0 Å². The van der Waals surface area contributed by atoms with Gasteiger partial charge in [0, 0.05) is 11.4 Å². The third-order valence-corrected chi connectivity index (χ3v) is 3.88. The largest absolute Gasteiger partial charge is 0.388 e. The SMILES string of the molecule is C=CCNC(=O)N[C@@H]1CC[C@H](O)c2sccc21. The van der Waals surface area contributed by atoms with E-state index in [-0.39, 0.29) is 18.2 Å². The fourth-order valence-electron chi connectivity index (χ4n) is 2.02. The van der Waals surface area contributed by atoms with Crippen molar-refractivity contribution in [3.05, 3.63) is 34.5 Å².